The van der Waals surface area contributed by atoms with Crippen LogP contribution >= 0.6 is 0 Å². The molecule has 1 unspecified atom stereocenters. The number of esters is 1. The van der Waals surface area contributed by atoms with Crippen molar-refractivity contribution in [3.05, 3.63) is 213 Å². The number of hydrogen-bond donors (Lipinski definition) is 4. The van der Waals surface area contributed by atoms with Gasteiger partial charge in [0.25, 0.3) is 11.8 Å². The van der Waals surface area contributed by atoms with Crippen LogP contribution in [0.2, 0.25) is 0 Å². The van der Waals surface area contributed by atoms with Gasteiger partial charge in [0.2, 0.25) is 5.56 Å². The number of phenols is 1. The fraction of sp³-hybridized carbons (Fsp3) is 0.323. The summed E-state index contributed by atoms with van der Waals surface area (Å²) in [6, 6.07) is 49.3. The van der Waals surface area contributed by atoms with Crippen LogP contribution < -0.4 is 15.6 Å². The van der Waals surface area contributed by atoms with Crippen LogP contribution in [-0.4, -0.2) is 107 Å². The molecule has 10 rings (SSSR count). The number of H-pyrrole nitrogens is 1. The second-order valence-corrected chi connectivity index (χ2v) is 20.6. The maximum absolute atomic E-state index is 13.9. The molecule has 0 bridgehead atoms. The lowest BCUT2D eigenvalue weighted by Gasteiger charge is -2.54. The fourth-order valence-corrected chi connectivity index (χ4v) is 11.0. The highest BCUT2D eigenvalue weighted by Gasteiger charge is 2.47. The molecule has 3 saturated heterocycles. The van der Waals surface area contributed by atoms with E-state index < -0.39 is 12.0 Å². The van der Waals surface area contributed by atoms with Gasteiger partial charge in [-0.3, -0.25) is 24.1 Å². The van der Waals surface area contributed by atoms with E-state index in [1.807, 2.05) is 119 Å². The second kappa shape index (κ2) is 23.3. The van der Waals surface area contributed by atoms with Gasteiger partial charge >= 0.3 is 5.97 Å². The first-order valence-electron chi connectivity index (χ1n) is 26.3. The fourth-order valence-electron chi connectivity index (χ4n) is 11.0. The molecule has 2 amide bonds. The van der Waals surface area contributed by atoms with Gasteiger partial charge in [-0.2, -0.15) is 0 Å². The lowest BCUT2D eigenvalue weighted by Crippen LogP contribution is -2.62. The smallest absolute Gasteiger partial charge is 0.317 e. The average Bonchev–Trinajstić information content (AvgIpc) is 3.44. The summed E-state index contributed by atoms with van der Waals surface area (Å²) in [6.45, 7) is 7.14. The van der Waals surface area contributed by atoms with Gasteiger partial charge in [-0.15, -0.1) is 0 Å². The van der Waals surface area contributed by atoms with Crippen molar-refractivity contribution in [2.24, 2.45) is 11.3 Å². The number of phenolic OH excluding ortho intramolecular Hbond substituents is 1. The summed E-state index contributed by atoms with van der Waals surface area (Å²) in [5, 5.41) is 24.9. The molecule has 6 aromatic carbocycles. The second-order valence-electron chi connectivity index (χ2n) is 20.6. The number of aromatic amines is 1. The summed E-state index contributed by atoms with van der Waals surface area (Å²) < 4.78 is 12.3. The highest BCUT2D eigenvalue weighted by Crippen LogP contribution is 2.41. The molecule has 13 heteroatoms. The number of aromatic hydroxyl groups is 1. The summed E-state index contributed by atoms with van der Waals surface area (Å²) in [4.78, 5) is 61.7. The number of nitrogens with zero attached hydrogens (tertiary/aromatic N) is 3. The highest BCUT2D eigenvalue weighted by atomic mass is 16.5. The Morgan fingerprint density at radius 3 is 2.05 bits per heavy atom. The predicted octanol–water partition coefficient (Wildman–Crippen LogP) is 8.64. The Morgan fingerprint density at radius 2 is 1.35 bits per heavy atom. The molecule has 7 aromatic rings. The van der Waals surface area contributed by atoms with Crippen LogP contribution in [0.25, 0.3) is 10.9 Å². The number of benzene rings is 6. The molecular formula is C62H65N5O8. The van der Waals surface area contributed by atoms with Crippen molar-refractivity contribution >= 4 is 28.7 Å². The maximum Gasteiger partial charge on any atom is 0.317 e. The van der Waals surface area contributed by atoms with Crippen molar-refractivity contribution in [3.8, 4) is 11.5 Å². The van der Waals surface area contributed by atoms with Crippen molar-refractivity contribution in [2.75, 3.05) is 59.0 Å². The van der Waals surface area contributed by atoms with Crippen molar-refractivity contribution in [1.29, 1.82) is 0 Å². The van der Waals surface area contributed by atoms with E-state index in [0.29, 0.717) is 91.6 Å². The van der Waals surface area contributed by atoms with E-state index in [0.717, 1.165) is 67.6 Å². The zero-order valence-electron chi connectivity index (χ0n) is 42.2. The monoisotopic (exact) mass is 1010 g/mol. The SMILES string of the molecule is O=C(OCC1CCN(Cc2ccccc2)CC1)C(c1ccccc1)c1cccc(OCc2ccc(C(=O)N3CCC4(CC3)CN(C(=O)c3ccc(CCNC[C@H](O)c5ccc(O)c6[nH]c(=O)ccc56)cc3)C4)cc2)c1. The molecule has 3 aliphatic heterocycles. The van der Waals surface area contributed by atoms with Crippen LogP contribution in [0.4, 0.5) is 0 Å². The van der Waals surface area contributed by atoms with Crippen LogP contribution in [0.5, 0.6) is 11.5 Å². The number of ether oxygens (including phenoxy) is 2. The molecule has 2 atom stereocenters. The third kappa shape index (κ3) is 12.3. The molecule has 1 spiro atoms. The van der Waals surface area contributed by atoms with E-state index in [1.54, 1.807) is 12.1 Å². The number of aromatic nitrogens is 1. The molecule has 0 aliphatic carbocycles. The minimum atomic E-state index is -0.841. The standard InChI is InChI=1S/C62H65N5O8/c68-54-24-22-52(53-23-25-56(70)64-58(53)54)55(69)37-63-31-26-43-14-18-49(19-15-43)60(72)67-41-62(42-67)29-34-66(35-30-62)59(71)48-20-16-45(17-21-48)39-74-51-13-7-12-50(36-51)57(47-10-5-2-6-11-47)61(73)75-40-46-27-32-65(33-28-46)38-44-8-3-1-4-9-44/h1-25,36,46,55,57,63,68-69H,26-35,37-42H2,(H,64,70)/t55-,57?/m0/s1. The van der Waals surface area contributed by atoms with Gasteiger partial charge in [-0.1, -0.05) is 103 Å². The summed E-state index contributed by atoms with van der Waals surface area (Å²) in [5.74, 6) is 0.0800. The van der Waals surface area contributed by atoms with Gasteiger partial charge in [-0.05, 0) is 140 Å². The molecule has 13 nitrogen and oxygen atoms in total. The first kappa shape index (κ1) is 50.9. The molecule has 1 aromatic heterocycles. The minimum Gasteiger partial charge on any atom is -0.506 e. The number of fused-ring (bicyclic) bond motifs is 1. The first-order chi connectivity index (χ1) is 36.6. The van der Waals surface area contributed by atoms with Crippen molar-refractivity contribution in [2.45, 2.75) is 57.3 Å². The number of aliphatic hydroxyl groups excluding tert-OH is 1. The van der Waals surface area contributed by atoms with Crippen molar-refractivity contribution < 1.29 is 34.1 Å². The van der Waals surface area contributed by atoms with Crippen LogP contribution in [0.15, 0.2) is 163 Å². The van der Waals surface area contributed by atoms with Gasteiger partial charge in [0.05, 0.1) is 18.2 Å². The Hall–Kier alpha value is -7.58. The summed E-state index contributed by atoms with van der Waals surface area (Å²) >= 11 is 0. The van der Waals surface area contributed by atoms with Crippen molar-refractivity contribution in [1.82, 2.24) is 25.0 Å². The van der Waals surface area contributed by atoms with E-state index in [-0.39, 0.29) is 41.1 Å². The number of carbonyl (C=O) groups excluding carboxylic acids is 3. The normalized spacial score (nSPS) is 16.5. The topological polar surface area (TPSA) is 165 Å². The number of carbonyl (C=O) groups is 3. The average molecular weight is 1010 g/mol. The number of piperidine rings is 2. The Balaban J connectivity index is 0.648. The number of nitrogens with one attached hydrogen (secondary N) is 2. The van der Waals surface area contributed by atoms with Gasteiger partial charge in [0.15, 0.2) is 0 Å². The molecule has 0 saturated carbocycles. The first-order valence-corrected chi connectivity index (χ1v) is 26.3. The van der Waals surface area contributed by atoms with E-state index in [1.165, 1.54) is 17.7 Å². The Morgan fingerprint density at radius 1 is 0.693 bits per heavy atom. The van der Waals surface area contributed by atoms with E-state index in [2.05, 4.69) is 39.5 Å². The number of hydrogen-bond acceptors (Lipinski definition) is 10. The zero-order chi connectivity index (χ0) is 51.7. The van der Waals surface area contributed by atoms with Crippen LogP contribution in [0.3, 0.4) is 0 Å². The number of amides is 2. The zero-order valence-corrected chi connectivity index (χ0v) is 42.2. The lowest BCUT2D eigenvalue weighted by atomic mass is 9.71. The molecule has 4 heterocycles. The highest BCUT2D eigenvalue weighted by molar-refractivity contribution is 5.95. The lowest BCUT2D eigenvalue weighted by molar-refractivity contribution is -0.146. The summed E-state index contributed by atoms with van der Waals surface area (Å²) in [5.41, 5.74) is 6.86. The Labute approximate surface area is 437 Å². The molecule has 75 heavy (non-hydrogen) atoms. The predicted molar refractivity (Wildman–Crippen MR) is 289 cm³/mol. The number of aliphatic hydroxyl groups is 1. The van der Waals surface area contributed by atoms with E-state index in [4.69, 9.17) is 9.47 Å². The summed E-state index contributed by atoms with van der Waals surface area (Å²) in [7, 11) is 0. The molecular weight excluding hydrogens is 943 g/mol. The van der Waals surface area contributed by atoms with Crippen molar-refractivity contribution in [3.63, 3.8) is 0 Å². The quantitative estimate of drug-likeness (QED) is 0.0483. The third-order valence-electron chi connectivity index (χ3n) is 15.4. The van der Waals surface area contributed by atoms with Crippen LogP contribution in [0.1, 0.15) is 91.8 Å². The Kier molecular flexibility index (Phi) is 15.8. The van der Waals surface area contributed by atoms with E-state index in [9.17, 15) is 29.4 Å². The van der Waals surface area contributed by atoms with Gasteiger partial charge in [-0.25, -0.2) is 0 Å². The minimum absolute atomic E-state index is 0.000643. The number of pyridine rings is 1. The van der Waals surface area contributed by atoms with Gasteiger partial charge in [0.1, 0.15) is 24.0 Å². The van der Waals surface area contributed by atoms with Crippen LogP contribution in [-0.2, 0) is 29.1 Å². The molecule has 3 fully saturated rings. The number of rotatable bonds is 18. The van der Waals surface area contributed by atoms with Gasteiger partial charge < -0.3 is 39.8 Å². The number of likely N-dealkylation sites (tertiary alicyclic amines) is 3. The third-order valence-corrected chi connectivity index (χ3v) is 15.4. The van der Waals surface area contributed by atoms with Crippen LogP contribution in [0, 0.1) is 11.3 Å². The largest absolute Gasteiger partial charge is 0.506 e. The molecule has 0 radical (unpaired) electrons. The Bertz CT molecular complexity index is 3120. The van der Waals surface area contributed by atoms with E-state index >= 15 is 0 Å². The molecule has 3 aliphatic rings. The maximum atomic E-state index is 13.9. The van der Waals surface area contributed by atoms with Gasteiger partial charge in [0, 0.05) is 67.3 Å². The molecule has 386 valence electrons. The summed E-state index contributed by atoms with van der Waals surface area (Å²) in [6.07, 6.45) is 3.53. The molecule has 4 N–H and O–H groups in total.